The van der Waals surface area contributed by atoms with Crippen LogP contribution in [0.25, 0.3) is 0 Å². The number of nitrogens with one attached hydrogen (secondary N) is 1. The van der Waals surface area contributed by atoms with Gasteiger partial charge < -0.3 is 0 Å². The minimum Gasteiger partial charge on any atom is -0.255 e. The van der Waals surface area contributed by atoms with Crippen molar-refractivity contribution in [1.82, 2.24) is 10.4 Å². The molecule has 0 bridgehead atoms. The first-order valence-corrected chi connectivity index (χ1v) is 3.27. The van der Waals surface area contributed by atoms with E-state index in [0.717, 1.165) is 12.6 Å². The molecule has 0 aromatic heterocycles. The lowest BCUT2D eigenvalue weighted by Gasteiger charge is -2.30. The lowest BCUT2D eigenvalue weighted by molar-refractivity contribution is 0.130. The molecule has 0 spiro atoms. The summed E-state index contributed by atoms with van der Waals surface area (Å²) in [4.78, 5) is 0. The molecule has 1 fully saturated rings. The van der Waals surface area contributed by atoms with Crippen LogP contribution in [-0.2, 0) is 0 Å². The second-order valence-electron chi connectivity index (χ2n) is 2.51. The predicted molar refractivity (Wildman–Crippen MR) is 34.5 cm³/mol. The van der Waals surface area contributed by atoms with E-state index in [4.69, 9.17) is 0 Å². The molecule has 1 unspecified atom stereocenters. The molecule has 0 radical (unpaired) electrons. The quantitative estimate of drug-likeness (QED) is 0.496. The van der Waals surface area contributed by atoms with Gasteiger partial charge in [-0.25, -0.2) is 5.01 Å². The Balaban J connectivity index is 2.28. The highest BCUT2D eigenvalue weighted by Crippen LogP contribution is 2.05. The Morgan fingerprint density at radius 1 is 1.62 bits per heavy atom. The van der Waals surface area contributed by atoms with Crippen LogP contribution in [0.3, 0.4) is 0 Å². The Morgan fingerprint density at radius 2 is 2.38 bits per heavy atom. The molecule has 2 nitrogen and oxygen atoms in total. The maximum absolute atomic E-state index is 3.27. The largest absolute Gasteiger partial charge is 0.255 e. The van der Waals surface area contributed by atoms with E-state index in [-0.39, 0.29) is 0 Å². The summed E-state index contributed by atoms with van der Waals surface area (Å²) in [5.41, 5.74) is 3.27. The van der Waals surface area contributed by atoms with Crippen LogP contribution in [0.15, 0.2) is 0 Å². The van der Waals surface area contributed by atoms with Crippen molar-refractivity contribution in [2.75, 3.05) is 13.6 Å². The van der Waals surface area contributed by atoms with Crippen molar-refractivity contribution in [2.24, 2.45) is 0 Å². The van der Waals surface area contributed by atoms with Gasteiger partial charge in [0.05, 0.1) is 0 Å². The van der Waals surface area contributed by atoms with Crippen LogP contribution in [0, 0.1) is 0 Å². The molecule has 0 saturated carbocycles. The summed E-state index contributed by atoms with van der Waals surface area (Å²) in [5, 5.41) is 2.18. The van der Waals surface area contributed by atoms with Crippen LogP contribution in [0.2, 0.25) is 0 Å². The van der Waals surface area contributed by atoms with Gasteiger partial charge in [0.25, 0.3) is 0 Å². The van der Waals surface area contributed by atoms with Gasteiger partial charge in [0.2, 0.25) is 0 Å². The number of hydrogen-bond acceptors (Lipinski definition) is 2. The second kappa shape index (κ2) is 2.46. The average molecular weight is 114 g/mol. The number of hydrogen-bond donors (Lipinski definition) is 1. The Labute approximate surface area is 50.8 Å². The zero-order valence-corrected chi connectivity index (χ0v) is 5.65. The van der Waals surface area contributed by atoms with Crippen LogP contribution in [0.4, 0.5) is 0 Å². The van der Waals surface area contributed by atoms with Crippen molar-refractivity contribution in [2.45, 2.75) is 25.8 Å². The van der Waals surface area contributed by atoms with Crippen molar-refractivity contribution in [1.29, 1.82) is 0 Å². The monoisotopic (exact) mass is 114 g/mol. The minimum atomic E-state index is 0.726. The topological polar surface area (TPSA) is 15.3 Å². The first kappa shape index (κ1) is 6.05. The van der Waals surface area contributed by atoms with Gasteiger partial charge in [0.1, 0.15) is 0 Å². The Kier molecular flexibility index (Phi) is 1.86. The summed E-state index contributed by atoms with van der Waals surface area (Å²) in [6, 6.07) is 0.726. The van der Waals surface area contributed by atoms with Crippen LogP contribution in [-0.4, -0.2) is 24.6 Å². The molecule has 0 aromatic rings. The molecule has 1 heterocycles. The molecule has 1 rings (SSSR count). The third-order valence-electron chi connectivity index (χ3n) is 1.82. The van der Waals surface area contributed by atoms with Crippen molar-refractivity contribution in [3.63, 3.8) is 0 Å². The Hall–Kier alpha value is -0.0800. The van der Waals surface area contributed by atoms with Crippen molar-refractivity contribution >= 4 is 0 Å². The summed E-state index contributed by atoms with van der Waals surface area (Å²) in [5.74, 6) is 0. The molecule has 8 heavy (non-hydrogen) atoms. The highest BCUT2D eigenvalue weighted by molar-refractivity contribution is 4.65. The fourth-order valence-corrected chi connectivity index (χ4v) is 1.00. The fraction of sp³-hybridized carbons (Fsp3) is 1.00. The lowest BCUT2D eigenvalue weighted by atomic mass is 10.1. The van der Waals surface area contributed by atoms with E-state index in [0.29, 0.717) is 0 Å². The van der Waals surface area contributed by atoms with Gasteiger partial charge >= 0.3 is 0 Å². The molecule has 1 aliphatic heterocycles. The van der Waals surface area contributed by atoms with E-state index in [2.05, 4.69) is 24.4 Å². The summed E-state index contributed by atoms with van der Waals surface area (Å²) < 4.78 is 0. The van der Waals surface area contributed by atoms with E-state index in [1.165, 1.54) is 12.8 Å². The second-order valence-corrected chi connectivity index (χ2v) is 2.51. The number of rotatable bonds is 0. The molecule has 0 amide bonds. The summed E-state index contributed by atoms with van der Waals surface area (Å²) in [6.07, 6.45) is 2.66. The Morgan fingerprint density at radius 3 is 2.75 bits per heavy atom. The van der Waals surface area contributed by atoms with Crippen molar-refractivity contribution in [3.8, 4) is 0 Å². The van der Waals surface area contributed by atoms with Crippen LogP contribution in [0.1, 0.15) is 19.8 Å². The van der Waals surface area contributed by atoms with Gasteiger partial charge in [-0.3, -0.25) is 5.43 Å². The van der Waals surface area contributed by atoms with Crippen LogP contribution in [0.5, 0.6) is 0 Å². The van der Waals surface area contributed by atoms with E-state index in [1.807, 2.05) is 0 Å². The van der Waals surface area contributed by atoms with E-state index in [9.17, 15) is 0 Å². The maximum Gasteiger partial charge on any atom is 0.0212 e. The zero-order valence-electron chi connectivity index (χ0n) is 5.65. The molecular weight excluding hydrogens is 100 g/mol. The first-order chi connectivity index (χ1) is 3.80. The van der Waals surface area contributed by atoms with Crippen LogP contribution < -0.4 is 5.43 Å². The normalized spacial score (nSPS) is 33.0. The van der Waals surface area contributed by atoms with Gasteiger partial charge in [-0.1, -0.05) is 0 Å². The van der Waals surface area contributed by atoms with Gasteiger partial charge in [-0.2, -0.15) is 0 Å². The van der Waals surface area contributed by atoms with E-state index in [1.54, 1.807) is 0 Å². The van der Waals surface area contributed by atoms with Gasteiger partial charge in [0, 0.05) is 19.6 Å². The number of nitrogens with zero attached hydrogens (tertiary/aromatic N) is 1. The van der Waals surface area contributed by atoms with Crippen molar-refractivity contribution < 1.29 is 0 Å². The average Bonchev–Trinajstić information content (AvgIpc) is 1.77. The summed E-state index contributed by atoms with van der Waals surface area (Å²) in [7, 11) is 2.10. The Bertz CT molecular complexity index is 62.9. The molecule has 1 aliphatic rings. The molecule has 0 aromatic carbocycles. The SMILES string of the molecule is CC1CCCNN1C. The third-order valence-corrected chi connectivity index (χ3v) is 1.82. The molecule has 48 valence electrons. The predicted octanol–water partition coefficient (Wildman–Crippen LogP) is 0.605. The minimum absolute atomic E-state index is 0.726. The molecule has 0 aliphatic carbocycles. The van der Waals surface area contributed by atoms with Crippen LogP contribution >= 0.6 is 0 Å². The van der Waals surface area contributed by atoms with Gasteiger partial charge in [0.15, 0.2) is 0 Å². The zero-order chi connectivity index (χ0) is 5.98. The maximum atomic E-state index is 3.27. The molecule has 1 atom stereocenters. The molecule has 1 saturated heterocycles. The molecule has 2 heteroatoms. The highest BCUT2D eigenvalue weighted by atomic mass is 15.5. The summed E-state index contributed by atoms with van der Waals surface area (Å²) in [6.45, 7) is 3.40. The smallest absolute Gasteiger partial charge is 0.0212 e. The first-order valence-electron chi connectivity index (χ1n) is 3.27. The third kappa shape index (κ3) is 1.20. The standard InChI is InChI=1S/C6H14N2/c1-6-4-3-5-7-8(6)2/h6-7H,3-5H2,1-2H3. The highest BCUT2D eigenvalue weighted by Gasteiger charge is 2.11. The number of hydrazine groups is 1. The molecule has 1 N–H and O–H groups in total. The van der Waals surface area contributed by atoms with E-state index >= 15 is 0 Å². The fourth-order valence-electron chi connectivity index (χ4n) is 1.00. The van der Waals surface area contributed by atoms with E-state index < -0.39 is 0 Å². The summed E-state index contributed by atoms with van der Waals surface area (Å²) >= 11 is 0. The van der Waals surface area contributed by atoms with Gasteiger partial charge in [-0.15, -0.1) is 0 Å². The van der Waals surface area contributed by atoms with Crippen molar-refractivity contribution in [3.05, 3.63) is 0 Å². The van der Waals surface area contributed by atoms with Gasteiger partial charge in [-0.05, 0) is 19.8 Å². The molecular formula is C6H14N2. The lowest BCUT2D eigenvalue weighted by Crippen LogP contribution is -2.45.